The summed E-state index contributed by atoms with van der Waals surface area (Å²) in [5, 5.41) is 9.31. The van der Waals surface area contributed by atoms with Crippen LogP contribution >= 0.6 is 11.6 Å². The van der Waals surface area contributed by atoms with Crippen LogP contribution in [0.2, 0.25) is 5.02 Å². The molecule has 0 aliphatic rings. The number of benzene rings is 1. The highest BCUT2D eigenvalue weighted by Crippen LogP contribution is 2.25. The number of ether oxygens (including phenoxy) is 1. The fourth-order valence-electron chi connectivity index (χ4n) is 1.80. The zero-order chi connectivity index (χ0) is 16.0. The maximum absolute atomic E-state index is 12.1. The van der Waals surface area contributed by atoms with Gasteiger partial charge in [0, 0.05) is 6.04 Å². The summed E-state index contributed by atoms with van der Waals surface area (Å²) in [4.78, 5) is 24.3. The van der Waals surface area contributed by atoms with Crippen LogP contribution in [0.15, 0.2) is 18.2 Å². The van der Waals surface area contributed by atoms with E-state index in [1.165, 1.54) is 4.90 Å². The number of carboxylic acids is 1. The second-order valence-electron chi connectivity index (χ2n) is 4.90. The lowest BCUT2D eigenvalue weighted by molar-refractivity contribution is -0.147. The molecule has 0 bridgehead atoms. The van der Waals surface area contributed by atoms with E-state index in [9.17, 15) is 9.59 Å². The molecule has 0 aliphatic heterocycles. The van der Waals surface area contributed by atoms with Crippen molar-refractivity contribution in [3.63, 3.8) is 0 Å². The van der Waals surface area contributed by atoms with E-state index in [1.807, 2.05) is 19.9 Å². The molecular weight excluding hydrogens is 294 g/mol. The van der Waals surface area contributed by atoms with E-state index >= 15 is 0 Å². The smallest absolute Gasteiger partial charge is 0.323 e. The summed E-state index contributed by atoms with van der Waals surface area (Å²) < 4.78 is 5.42. The summed E-state index contributed by atoms with van der Waals surface area (Å²) in [6.45, 7) is 5.02. The lowest BCUT2D eigenvalue weighted by Gasteiger charge is -2.26. The van der Waals surface area contributed by atoms with Crippen LogP contribution < -0.4 is 4.74 Å². The Hall–Kier alpha value is -1.75. The van der Waals surface area contributed by atoms with Crippen molar-refractivity contribution in [2.45, 2.75) is 33.2 Å². The number of carboxylic acid groups (broad SMARTS) is 1. The number of aryl methyl sites for hydroxylation is 1. The van der Waals surface area contributed by atoms with Crippen LogP contribution in [0.4, 0.5) is 0 Å². The number of hydrogen-bond donors (Lipinski definition) is 1. The van der Waals surface area contributed by atoms with Gasteiger partial charge in [-0.25, -0.2) is 0 Å². The number of aliphatic carboxylic acids is 1. The predicted molar refractivity (Wildman–Crippen MR) is 80.8 cm³/mol. The Morgan fingerprint density at radius 1 is 1.43 bits per heavy atom. The van der Waals surface area contributed by atoms with Gasteiger partial charge in [0.15, 0.2) is 6.61 Å². The van der Waals surface area contributed by atoms with Gasteiger partial charge in [-0.05, 0) is 38.0 Å². The number of carbonyl (C=O) groups is 2. The van der Waals surface area contributed by atoms with Crippen LogP contribution in [0.3, 0.4) is 0 Å². The van der Waals surface area contributed by atoms with Gasteiger partial charge in [0.05, 0.1) is 5.02 Å². The molecule has 0 saturated heterocycles. The molecule has 0 radical (unpaired) electrons. The van der Waals surface area contributed by atoms with Crippen molar-refractivity contribution < 1.29 is 19.4 Å². The molecule has 0 heterocycles. The summed E-state index contributed by atoms with van der Waals surface area (Å²) in [5.74, 6) is -0.994. The minimum Gasteiger partial charge on any atom is -0.482 e. The van der Waals surface area contributed by atoms with Gasteiger partial charge in [0.25, 0.3) is 5.91 Å². The van der Waals surface area contributed by atoms with E-state index in [0.717, 1.165) is 5.56 Å². The van der Waals surface area contributed by atoms with E-state index < -0.39 is 5.97 Å². The fourth-order valence-corrected chi connectivity index (χ4v) is 1.97. The van der Waals surface area contributed by atoms with Gasteiger partial charge in [0.2, 0.25) is 0 Å². The second-order valence-corrected chi connectivity index (χ2v) is 5.30. The lowest BCUT2D eigenvalue weighted by atomic mass is 10.2. The van der Waals surface area contributed by atoms with Crippen molar-refractivity contribution in [2.24, 2.45) is 0 Å². The maximum atomic E-state index is 12.1. The van der Waals surface area contributed by atoms with Crippen LogP contribution in [-0.4, -0.2) is 41.1 Å². The quantitative estimate of drug-likeness (QED) is 0.840. The minimum absolute atomic E-state index is 0.162. The minimum atomic E-state index is -1.04. The number of hydrogen-bond acceptors (Lipinski definition) is 3. The third kappa shape index (κ3) is 5.27. The fraction of sp³-hybridized carbons (Fsp3) is 0.467. The number of rotatable bonds is 7. The van der Waals surface area contributed by atoms with Crippen molar-refractivity contribution in [1.82, 2.24) is 4.90 Å². The molecule has 0 aromatic heterocycles. The SMILES string of the molecule is CCC(C)N(CC(=O)O)C(=O)COc1cc(C)ccc1Cl. The van der Waals surface area contributed by atoms with E-state index in [4.69, 9.17) is 21.4 Å². The molecule has 21 heavy (non-hydrogen) atoms. The van der Waals surface area contributed by atoms with Gasteiger partial charge in [-0.3, -0.25) is 9.59 Å². The molecule has 1 amide bonds. The first-order chi connectivity index (χ1) is 9.85. The van der Waals surface area contributed by atoms with Gasteiger partial charge < -0.3 is 14.7 Å². The average Bonchev–Trinajstić information content (AvgIpc) is 2.44. The van der Waals surface area contributed by atoms with Gasteiger partial charge in [0.1, 0.15) is 12.3 Å². The van der Waals surface area contributed by atoms with Gasteiger partial charge in [-0.2, -0.15) is 0 Å². The lowest BCUT2D eigenvalue weighted by Crippen LogP contribution is -2.44. The largest absolute Gasteiger partial charge is 0.482 e. The average molecular weight is 314 g/mol. The van der Waals surface area contributed by atoms with Gasteiger partial charge in [-0.1, -0.05) is 24.6 Å². The third-order valence-corrected chi connectivity index (χ3v) is 3.50. The van der Waals surface area contributed by atoms with Crippen LogP contribution in [0, 0.1) is 6.92 Å². The zero-order valence-electron chi connectivity index (χ0n) is 12.4. The van der Waals surface area contributed by atoms with Crippen LogP contribution in [0.1, 0.15) is 25.8 Å². The zero-order valence-corrected chi connectivity index (χ0v) is 13.2. The third-order valence-electron chi connectivity index (χ3n) is 3.19. The topological polar surface area (TPSA) is 66.8 Å². The number of carbonyl (C=O) groups excluding carboxylic acids is 1. The number of nitrogens with zero attached hydrogens (tertiary/aromatic N) is 1. The van der Waals surface area contributed by atoms with Crippen LogP contribution in [0.25, 0.3) is 0 Å². The molecule has 0 spiro atoms. The monoisotopic (exact) mass is 313 g/mol. The molecule has 1 aromatic rings. The first-order valence-corrected chi connectivity index (χ1v) is 7.13. The first-order valence-electron chi connectivity index (χ1n) is 6.75. The molecule has 0 aliphatic carbocycles. The number of halogens is 1. The Balaban J connectivity index is 2.73. The summed E-state index contributed by atoms with van der Waals surface area (Å²) in [7, 11) is 0. The van der Waals surface area contributed by atoms with Crippen molar-refractivity contribution >= 4 is 23.5 Å². The molecule has 1 aromatic carbocycles. The standard InChI is InChI=1S/C15H20ClNO4/c1-4-11(3)17(8-15(19)20)14(18)9-21-13-7-10(2)5-6-12(13)16/h5-7,11H,4,8-9H2,1-3H3,(H,19,20). The van der Waals surface area contributed by atoms with Crippen molar-refractivity contribution in [2.75, 3.05) is 13.2 Å². The second kappa shape index (κ2) is 7.88. The van der Waals surface area contributed by atoms with Crippen molar-refractivity contribution in [1.29, 1.82) is 0 Å². The Morgan fingerprint density at radius 3 is 2.67 bits per heavy atom. The molecule has 116 valence electrons. The molecule has 1 rings (SSSR count). The summed E-state index contributed by atoms with van der Waals surface area (Å²) >= 11 is 5.99. The Kier molecular flexibility index (Phi) is 6.49. The van der Waals surface area contributed by atoms with Crippen molar-refractivity contribution in [3.8, 4) is 5.75 Å². The molecule has 1 unspecified atom stereocenters. The van der Waals surface area contributed by atoms with E-state index in [1.54, 1.807) is 19.1 Å². The van der Waals surface area contributed by atoms with E-state index in [-0.39, 0.29) is 25.1 Å². The highest BCUT2D eigenvalue weighted by molar-refractivity contribution is 6.32. The maximum Gasteiger partial charge on any atom is 0.323 e. The van der Waals surface area contributed by atoms with Crippen LogP contribution in [-0.2, 0) is 9.59 Å². The molecular formula is C15H20ClNO4. The molecule has 1 N–H and O–H groups in total. The number of amides is 1. The molecule has 6 heteroatoms. The van der Waals surface area contributed by atoms with Crippen molar-refractivity contribution in [3.05, 3.63) is 28.8 Å². The van der Waals surface area contributed by atoms with Gasteiger partial charge >= 0.3 is 5.97 Å². The summed E-state index contributed by atoms with van der Waals surface area (Å²) in [6.07, 6.45) is 0.671. The Bertz CT molecular complexity index is 518. The summed E-state index contributed by atoms with van der Waals surface area (Å²) in [6, 6.07) is 5.11. The predicted octanol–water partition coefficient (Wildman–Crippen LogP) is 2.74. The molecule has 0 saturated carbocycles. The molecule has 0 fully saturated rings. The highest BCUT2D eigenvalue weighted by Gasteiger charge is 2.22. The van der Waals surface area contributed by atoms with E-state index in [2.05, 4.69) is 0 Å². The first kappa shape index (κ1) is 17.3. The molecule has 1 atom stereocenters. The Labute approximate surface area is 129 Å². The van der Waals surface area contributed by atoms with Gasteiger partial charge in [-0.15, -0.1) is 0 Å². The molecule has 5 nitrogen and oxygen atoms in total. The van der Waals surface area contributed by atoms with Crippen LogP contribution in [0.5, 0.6) is 5.75 Å². The highest BCUT2D eigenvalue weighted by atomic mass is 35.5. The summed E-state index contributed by atoms with van der Waals surface area (Å²) in [5.41, 5.74) is 0.964. The van der Waals surface area contributed by atoms with E-state index in [0.29, 0.717) is 17.2 Å². The Morgan fingerprint density at radius 2 is 2.10 bits per heavy atom. The normalized spacial score (nSPS) is 11.8.